The first kappa shape index (κ1) is 22.1. The van der Waals surface area contributed by atoms with Crippen LogP contribution in [-0.4, -0.2) is 13.2 Å². The SMILES string of the molecule is Cc1cc2c(cc1C(=Cc1ccc(CO)cc1)[Si](C)(C)C)C(C)(C)CCC2(C)C. The fraction of sp³-hybridized carbons (Fsp3) is 0.481. The maximum absolute atomic E-state index is 9.35. The van der Waals surface area contributed by atoms with E-state index in [0.717, 1.165) is 5.56 Å². The predicted octanol–water partition coefficient (Wildman–Crippen LogP) is 7.25. The van der Waals surface area contributed by atoms with Crippen LogP contribution in [0.2, 0.25) is 19.6 Å². The molecule has 0 saturated carbocycles. The zero-order valence-electron chi connectivity index (χ0n) is 19.6. The molecule has 3 rings (SSSR count). The summed E-state index contributed by atoms with van der Waals surface area (Å²) in [5, 5.41) is 10.9. The van der Waals surface area contributed by atoms with E-state index in [1.54, 1.807) is 0 Å². The Morgan fingerprint density at radius 1 is 0.931 bits per heavy atom. The van der Waals surface area contributed by atoms with Gasteiger partial charge in [-0.2, -0.15) is 0 Å². The van der Waals surface area contributed by atoms with Crippen LogP contribution < -0.4 is 0 Å². The summed E-state index contributed by atoms with van der Waals surface area (Å²) in [5.74, 6) is 0. The van der Waals surface area contributed by atoms with Crippen molar-refractivity contribution in [1.29, 1.82) is 0 Å². The van der Waals surface area contributed by atoms with Crippen LogP contribution in [0.4, 0.5) is 0 Å². The lowest BCUT2D eigenvalue weighted by Gasteiger charge is -2.43. The number of aryl methyl sites for hydroxylation is 1. The summed E-state index contributed by atoms with van der Waals surface area (Å²) in [4.78, 5) is 0. The molecule has 2 heteroatoms. The fourth-order valence-electron chi connectivity index (χ4n) is 4.60. The molecular weight excluding hydrogens is 368 g/mol. The Bertz CT molecular complexity index is 924. The van der Waals surface area contributed by atoms with Crippen molar-refractivity contribution in [2.24, 2.45) is 0 Å². The van der Waals surface area contributed by atoms with Crippen molar-refractivity contribution in [3.8, 4) is 0 Å². The first-order valence-electron chi connectivity index (χ1n) is 10.9. The average Bonchev–Trinajstić information content (AvgIpc) is 2.63. The smallest absolute Gasteiger partial charge is 0.0784 e. The van der Waals surface area contributed by atoms with E-state index in [1.165, 1.54) is 45.9 Å². The van der Waals surface area contributed by atoms with Gasteiger partial charge in [-0.25, -0.2) is 0 Å². The molecule has 1 aliphatic carbocycles. The molecule has 1 nitrogen and oxygen atoms in total. The van der Waals surface area contributed by atoms with Crippen LogP contribution in [0.25, 0.3) is 11.3 Å². The molecular formula is C27H38OSi. The minimum Gasteiger partial charge on any atom is -0.392 e. The Balaban J connectivity index is 2.20. The molecule has 0 atom stereocenters. The monoisotopic (exact) mass is 406 g/mol. The highest BCUT2D eigenvalue weighted by molar-refractivity contribution is 6.94. The molecule has 1 N–H and O–H groups in total. The highest BCUT2D eigenvalue weighted by Crippen LogP contribution is 2.47. The molecule has 156 valence electrons. The summed E-state index contributed by atoms with van der Waals surface area (Å²) in [6, 6.07) is 13.3. The van der Waals surface area contributed by atoms with Crippen LogP contribution in [0, 0.1) is 6.92 Å². The second-order valence-electron chi connectivity index (χ2n) is 11.2. The zero-order chi connectivity index (χ0) is 21.6. The van der Waals surface area contributed by atoms with Crippen LogP contribution in [0.3, 0.4) is 0 Å². The molecule has 2 aromatic rings. The standard InChI is InChI=1S/C27H38OSi/c1-19-15-23-24(27(4,5)14-13-26(23,2)3)17-22(19)25(29(6,7)8)16-20-9-11-21(18-28)12-10-20/h9-12,15-17,28H,13-14,18H2,1-8H3. The lowest BCUT2D eigenvalue weighted by Crippen LogP contribution is -2.34. The van der Waals surface area contributed by atoms with Crippen LogP contribution in [-0.2, 0) is 17.4 Å². The maximum atomic E-state index is 9.35. The highest BCUT2D eigenvalue weighted by atomic mass is 28.3. The third-order valence-corrected chi connectivity index (χ3v) is 8.80. The van der Waals surface area contributed by atoms with Gasteiger partial charge in [-0.05, 0) is 64.0 Å². The summed E-state index contributed by atoms with van der Waals surface area (Å²) in [6.07, 6.45) is 4.88. The molecule has 0 aromatic heterocycles. The van der Waals surface area contributed by atoms with Gasteiger partial charge in [0.15, 0.2) is 0 Å². The second-order valence-corrected chi connectivity index (χ2v) is 16.2. The van der Waals surface area contributed by atoms with Crippen LogP contribution >= 0.6 is 0 Å². The van der Waals surface area contributed by atoms with Crippen LogP contribution in [0.1, 0.15) is 73.9 Å². The van der Waals surface area contributed by atoms with Gasteiger partial charge in [0.1, 0.15) is 0 Å². The van der Waals surface area contributed by atoms with E-state index in [1.807, 2.05) is 12.1 Å². The van der Waals surface area contributed by atoms with Gasteiger partial charge in [0.25, 0.3) is 0 Å². The van der Waals surface area contributed by atoms with Gasteiger partial charge >= 0.3 is 0 Å². The van der Waals surface area contributed by atoms with Crippen molar-refractivity contribution in [1.82, 2.24) is 0 Å². The predicted molar refractivity (Wildman–Crippen MR) is 130 cm³/mol. The van der Waals surface area contributed by atoms with E-state index in [0.29, 0.717) is 0 Å². The Morgan fingerprint density at radius 2 is 1.45 bits per heavy atom. The lowest BCUT2D eigenvalue weighted by atomic mass is 9.62. The Morgan fingerprint density at radius 3 is 1.93 bits per heavy atom. The van der Waals surface area contributed by atoms with Crippen molar-refractivity contribution in [2.75, 3.05) is 0 Å². The summed E-state index contributed by atoms with van der Waals surface area (Å²) in [6.45, 7) is 19.3. The quantitative estimate of drug-likeness (QED) is 0.418. The minimum atomic E-state index is -1.58. The van der Waals surface area contributed by atoms with Gasteiger partial charge in [-0.3, -0.25) is 0 Å². The topological polar surface area (TPSA) is 20.2 Å². The molecule has 0 fully saturated rings. The number of fused-ring (bicyclic) bond motifs is 1. The summed E-state index contributed by atoms with van der Waals surface area (Å²) in [7, 11) is -1.58. The van der Waals surface area contributed by atoms with Crippen molar-refractivity contribution in [3.63, 3.8) is 0 Å². The minimum absolute atomic E-state index is 0.0969. The number of aliphatic hydroxyl groups excluding tert-OH is 1. The number of aliphatic hydroxyl groups is 1. The Hall–Kier alpha value is -1.64. The third-order valence-electron chi connectivity index (χ3n) is 6.77. The van der Waals surface area contributed by atoms with Gasteiger partial charge in [-0.1, -0.05) is 95.0 Å². The van der Waals surface area contributed by atoms with Gasteiger partial charge in [0, 0.05) is 0 Å². The zero-order valence-corrected chi connectivity index (χ0v) is 20.6. The second kappa shape index (κ2) is 7.56. The maximum Gasteiger partial charge on any atom is 0.0784 e. The van der Waals surface area contributed by atoms with Crippen molar-refractivity contribution < 1.29 is 5.11 Å². The van der Waals surface area contributed by atoms with Crippen molar-refractivity contribution in [2.45, 2.75) is 84.5 Å². The largest absolute Gasteiger partial charge is 0.392 e. The highest BCUT2D eigenvalue weighted by Gasteiger charge is 2.38. The summed E-state index contributed by atoms with van der Waals surface area (Å²) in [5.41, 5.74) is 8.56. The molecule has 1 aliphatic rings. The average molecular weight is 407 g/mol. The first-order valence-corrected chi connectivity index (χ1v) is 14.4. The Labute approximate surface area is 178 Å². The molecule has 0 unspecified atom stereocenters. The van der Waals surface area contributed by atoms with Gasteiger partial charge in [0.05, 0.1) is 14.7 Å². The molecule has 0 radical (unpaired) electrons. The van der Waals surface area contributed by atoms with E-state index >= 15 is 0 Å². The Kier molecular flexibility index (Phi) is 5.75. The van der Waals surface area contributed by atoms with Crippen molar-refractivity contribution in [3.05, 3.63) is 69.8 Å². The molecule has 0 saturated heterocycles. The van der Waals surface area contributed by atoms with Gasteiger partial charge < -0.3 is 5.11 Å². The number of benzene rings is 2. The molecule has 0 amide bonds. The van der Waals surface area contributed by atoms with E-state index in [-0.39, 0.29) is 17.4 Å². The first-order chi connectivity index (χ1) is 13.3. The van der Waals surface area contributed by atoms with Crippen LogP contribution in [0.15, 0.2) is 36.4 Å². The van der Waals surface area contributed by atoms with Gasteiger partial charge in [-0.15, -0.1) is 0 Å². The van der Waals surface area contributed by atoms with Crippen molar-refractivity contribution >= 4 is 19.3 Å². The molecule has 2 aromatic carbocycles. The van der Waals surface area contributed by atoms with E-state index in [4.69, 9.17) is 0 Å². The molecule has 0 bridgehead atoms. The summed E-state index contributed by atoms with van der Waals surface area (Å²) < 4.78 is 0. The van der Waals surface area contributed by atoms with Crippen LogP contribution in [0.5, 0.6) is 0 Å². The normalized spacial score (nSPS) is 18.4. The molecule has 0 heterocycles. The molecule has 0 aliphatic heterocycles. The van der Waals surface area contributed by atoms with E-state index in [2.05, 4.69) is 84.6 Å². The molecule has 29 heavy (non-hydrogen) atoms. The third kappa shape index (κ3) is 4.44. The fourth-order valence-corrected chi connectivity index (χ4v) is 6.27. The number of hydrogen-bond acceptors (Lipinski definition) is 1. The van der Waals surface area contributed by atoms with E-state index < -0.39 is 8.07 Å². The number of rotatable bonds is 4. The number of hydrogen-bond donors (Lipinski definition) is 1. The summed E-state index contributed by atoms with van der Waals surface area (Å²) >= 11 is 0. The lowest BCUT2D eigenvalue weighted by molar-refractivity contribution is 0.282. The molecule has 0 spiro atoms. The van der Waals surface area contributed by atoms with E-state index in [9.17, 15) is 5.11 Å². The van der Waals surface area contributed by atoms with Gasteiger partial charge in [0.2, 0.25) is 0 Å².